The minimum atomic E-state index is -0.438. The Morgan fingerprint density at radius 2 is 1.80 bits per heavy atom. The van der Waals surface area contributed by atoms with E-state index in [-0.39, 0.29) is 5.91 Å². The zero-order chi connectivity index (χ0) is 14.7. The third kappa shape index (κ3) is 3.12. The van der Waals surface area contributed by atoms with Gasteiger partial charge in [-0.1, -0.05) is 12.1 Å². The Balaban J connectivity index is 2.09. The van der Waals surface area contributed by atoms with Crippen LogP contribution in [-0.2, 0) is 4.79 Å². The Kier molecular flexibility index (Phi) is 4.65. The van der Waals surface area contributed by atoms with Crippen LogP contribution in [0.2, 0.25) is 0 Å². The van der Waals surface area contributed by atoms with Crippen LogP contribution in [0.25, 0.3) is 0 Å². The highest BCUT2D eigenvalue weighted by atomic mass is 16.5. The summed E-state index contributed by atoms with van der Waals surface area (Å²) in [5.74, 6) is 0.924. The second-order valence-corrected chi connectivity index (χ2v) is 5.49. The van der Waals surface area contributed by atoms with Crippen molar-refractivity contribution in [3.8, 4) is 5.75 Å². The summed E-state index contributed by atoms with van der Waals surface area (Å²) in [5.41, 5.74) is 3.38. The largest absolute Gasteiger partial charge is 0.480 e. The molecular weight excluding hydrogens is 252 g/mol. The first-order valence-corrected chi connectivity index (χ1v) is 7.23. The quantitative estimate of drug-likeness (QED) is 0.915. The van der Waals surface area contributed by atoms with Crippen LogP contribution >= 0.6 is 0 Å². The number of benzene rings is 1. The van der Waals surface area contributed by atoms with Crippen molar-refractivity contribution in [3.05, 3.63) is 28.8 Å². The van der Waals surface area contributed by atoms with E-state index >= 15 is 0 Å². The van der Waals surface area contributed by atoms with Gasteiger partial charge in [-0.15, -0.1) is 0 Å². The molecule has 4 heteroatoms. The van der Waals surface area contributed by atoms with Gasteiger partial charge in [0.2, 0.25) is 0 Å². The van der Waals surface area contributed by atoms with Crippen molar-refractivity contribution in [3.63, 3.8) is 0 Å². The van der Waals surface area contributed by atoms with Crippen molar-refractivity contribution in [2.24, 2.45) is 0 Å². The second-order valence-electron chi connectivity index (χ2n) is 5.49. The topological polar surface area (TPSA) is 41.6 Å². The van der Waals surface area contributed by atoms with Gasteiger partial charge in [0.25, 0.3) is 5.91 Å². The third-order valence-corrected chi connectivity index (χ3v) is 3.94. The average molecular weight is 276 g/mol. The van der Waals surface area contributed by atoms with Gasteiger partial charge in [-0.05, 0) is 44.4 Å². The van der Waals surface area contributed by atoms with Crippen LogP contribution in [0, 0.1) is 20.8 Å². The monoisotopic (exact) mass is 276 g/mol. The third-order valence-electron chi connectivity index (χ3n) is 3.94. The normalized spacial score (nSPS) is 16.9. The molecule has 1 heterocycles. The molecule has 1 saturated heterocycles. The van der Waals surface area contributed by atoms with Gasteiger partial charge in [0.15, 0.2) is 6.10 Å². The van der Waals surface area contributed by atoms with Crippen LogP contribution in [0.5, 0.6) is 5.75 Å². The molecule has 1 amide bonds. The molecule has 20 heavy (non-hydrogen) atoms. The van der Waals surface area contributed by atoms with Gasteiger partial charge in [-0.3, -0.25) is 4.79 Å². The van der Waals surface area contributed by atoms with Gasteiger partial charge in [0.05, 0.1) is 0 Å². The number of carbonyl (C=O) groups is 1. The summed E-state index contributed by atoms with van der Waals surface area (Å²) in [6, 6.07) is 4.12. The van der Waals surface area contributed by atoms with Crippen LogP contribution in [-0.4, -0.2) is 43.1 Å². The molecule has 0 aromatic heterocycles. The Hall–Kier alpha value is -1.55. The maximum Gasteiger partial charge on any atom is 0.263 e. The molecule has 0 aliphatic carbocycles. The zero-order valence-corrected chi connectivity index (χ0v) is 12.8. The summed E-state index contributed by atoms with van der Waals surface area (Å²) in [5, 5.41) is 3.25. The molecule has 0 radical (unpaired) electrons. The summed E-state index contributed by atoms with van der Waals surface area (Å²) < 4.78 is 5.96. The highest BCUT2D eigenvalue weighted by molar-refractivity contribution is 5.81. The molecular formula is C16H24N2O2. The van der Waals surface area contributed by atoms with Crippen LogP contribution in [0.3, 0.4) is 0 Å². The maximum atomic E-state index is 12.4. The van der Waals surface area contributed by atoms with Crippen LogP contribution in [0.4, 0.5) is 0 Å². The first kappa shape index (κ1) is 14.9. The Bertz CT molecular complexity index is 493. The van der Waals surface area contributed by atoms with Gasteiger partial charge in [-0.25, -0.2) is 0 Å². The number of hydrogen-bond acceptors (Lipinski definition) is 3. The molecule has 1 unspecified atom stereocenters. The van der Waals surface area contributed by atoms with E-state index in [0.717, 1.165) is 43.1 Å². The fourth-order valence-electron chi connectivity index (χ4n) is 2.48. The molecule has 1 aliphatic heterocycles. The molecule has 4 nitrogen and oxygen atoms in total. The number of nitrogens with zero attached hydrogens (tertiary/aromatic N) is 1. The van der Waals surface area contributed by atoms with Crippen LogP contribution < -0.4 is 10.1 Å². The fraction of sp³-hybridized carbons (Fsp3) is 0.562. The Labute approximate surface area is 121 Å². The lowest BCUT2D eigenvalue weighted by atomic mass is 10.1. The summed E-state index contributed by atoms with van der Waals surface area (Å²) in [6.07, 6.45) is -0.438. The molecule has 0 bridgehead atoms. The molecule has 0 spiro atoms. The van der Waals surface area contributed by atoms with Crippen molar-refractivity contribution < 1.29 is 9.53 Å². The van der Waals surface area contributed by atoms with E-state index in [0.29, 0.717) is 0 Å². The predicted molar refractivity (Wildman–Crippen MR) is 80.2 cm³/mol. The Morgan fingerprint density at radius 3 is 2.45 bits per heavy atom. The van der Waals surface area contributed by atoms with E-state index in [1.807, 2.05) is 31.7 Å². The lowest BCUT2D eigenvalue weighted by Gasteiger charge is -2.30. The molecule has 1 aliphatic rings. The van der Waals surface area contributed by atoms with Gasteiger partial charge in [0, 0.05) is 26.2 Å². The summed E-state index contributed by atoms with van der Waals surface area (Å²) >= 11 is 0. The number of ether oxygens (including phenoxy) is 1. The lowest BCUT2D eigenvalue weighted by molar-refractivity contribution is -0.138. The minimum absolute atomic E-state index is 0.0757. The van der Waals surface area contributed by atoms with Gasteiger partial charge < -0.3 is 15.0 Å². The van der Waals surface area contributed by atoms with Crippen molar-refractivity contribution in [1.29, 1.82) is 0 Å². The molecule has 0 saturated carbocycles. The Morgan fingerprint density at radius 1 is 1.20 bits per heavy atom. The summed E-state index contributed by atoms with van der Waals surface area (Å²) in [7, 11) is 0. The predicted octanol–water partition coefficient (Wildman–Crippen LogP) is 1.81. The average Bonchev–Trinajstić information content (AvgIpc) is 2.47. The number of rotatable bonds is 3. The van der Waals surface area contributed by atoms with Crippen LogP contribution in [0.15, 0.2) is 12.1 Å². The van der Waals surface area contributed by atoms with E-state index in [2.05, 4.69) is 18.3 Å². The first-order valence-electron chi connectivity index (χ1n) is 7.23. The van der Waals surface area contributed by atoms with Gasteiger partial charge in [-0.2, -0.15) is 0 Å². The zero-order valence-electron chi connectivity index (χ0n) is 12.8. The van der Waals surface area contributed by atoms with Gasteiger partial charge in [0.1, 0.15) is 5.75 Å². The highest BCUT2D eigenvalue weighted by Crippen LogP contribution is 2.27. The van der Waals surface area contributed by atoms with Gasteiger partial charge >= 0.3 is 0 Å². The maximum absolute atomic E-state index is 12.4. The van der Waals surface area contributed by atoms with Crippen molar-refractivity contribution in [2.75, 3.05) is 26.2 Å². The van der Waals surface area contributed by atoms with E-state index in [1.165, 1.54) is 5.56 Å². The second kappa shape index (κ2) is 6.27. The fourth-order valence-corrected chi connectivity index (χ4v) is 2.48. The number of hydrogen-bond donors (Lipinski definition) is 1. The van der Waals surface area contributed by atoms with E-state index in [9.17, 15) is 4.79 Å². The number of carbonyl (C=O) groups excluding carboxylic acids is 1. The SMILES string of the molecule is Cc1ccc(C)c(OC(C)C(=O)N2CCNCC2)c1C. The van der Waals surface area contributed by atoms with Crippen LogP contribution in [0.1, 0.15) is 23.6 Å². The molecule has 1 aromatic carbocycles. The number of nitrogens with one attached hydrogen (secondary N) is 1. The number of aryl methyl sites for hydroxylation is 2. The van der Waals surface area contributed by atoms with Crippen molar-refractivity contribution in [2.45, 2.75) is 33.8 Å². The molecule has 1 N–H and O–H groups in total. The summed E-state index contributed by atoms with van der Waals surface area (Å²) in [6.45, 7) is 11.2. The minimum Gasteiger partial charge on any atom is -0.480 e. The molecule has 1 aromatic rings. The number of piperazine rings is 1. The molecule has 2 rings (SSSR count). The molecule has 1 atom stereocenters. The van der Waals surface area contributed by atoms with Crippen molar-refractivity contribution in [1.82, 2.24) is 10.2 Å². The highest BCUT2D eigenvalue weighted by Gasteiger charge is 2.24. The molecule has 1 fully saturated rings. The van der Waals surface area contributed by atoms with Crippen molar-refractivity contribution >= 4 is 5.91 Å². The van der Waals surface area contributed by atoms with E-state index in [4.69, 9.17) is 4.74 Å². The standard InChI is InChI=1S/C16H24N2O2/c1-11-5-6-12(2)15(13(11)3)20-14(4)16(19)18-9-7-17-8-10-18/h5-6,14,17H,7-10H2,1-4H3. The summed E-state index contributed by atoms with van der Waals surface area (Å²) in [4.78, 5) is 14.3. The number of amides is 1. The first-order chi connectivity index (χ1) is 9.50. The van der Waals surface area contributed by atoms with E-state index in [1.54, 1.807) is 0 Å². The smallest absolute Gasteiger partial charge is 0.263 e. The molecule has 110 valence electrons. The van der Waals surface area contributed by atoms with E-state index < -0.39 is 6.10 Å². The lowest BCUT2D eigenvalue weighted by Crippen LogP contribution is -2.50.